The molecule has 0 radical (unpaired) electrons. The van der Waals surface area contributed by atoms with Crippen molar-refractivity contribution in [3.63, 3.8) is 0 Å². The van der Waals surface area contributed by atoms with Crippen molar-refractivity contribution >= 4 is 22.6 Å². The minimum absolute atomic E-state index is 0.0489. The van der Waals surface area contributed by atoms with E-state index in [-0.39, 0.29) is 18.8 Å². The van der Waals surface area contributed by atoms with Gasteiger partial charge in [-0.15, -0.1) is 0 Å². The molecule has 2 heterocycles. The topological polar surface area (TPSA) is 47.9 Å². The Morgan fingerprint density at radius 2 is 1.84 bits per heavy atom. The van der Waals surface area contributed by atoms with Crippen molar-refractivity contribution in [1.29, 1.82) is 0 Å². The third-order valence-corrected chi connectivity index (χ3v) is 5.95. The summed E-state index contributed by atoms with van der Waals surface area (Å²) < 4.78 is 17.6. The van der Waals surface area contributed by atoms with Gasteiger partial charge < -0.3 is 19.3 Å². The number of alkyl halides is 1. The van der Waals surface area contributed by atoms with Crippen LogP contribution < -0.4 is 9.47 Å². The first kappa shape index (κ1) is 17.1. The number of hydrogen-bond acceptors (Lipinski definition) is 4. The van der Waals surface area contributed by atoms with Crippen LogP contribution in [0, 0.1) is 5.92 Å². The standard InChI is InChI=1S/C20H21IO4/c21-11-19-20(22,10-14-4-2-1-3-5-14)16(12-23-19)8-15-6-7-17-18(9-15)25-13-24-17/h1-7,9,16,19,22H,8,10-13H2/t16-,19-,20-/m0/s1. The predicted molar refractivity (Wildman–Crippen MR) is 103 cm³/mol. The summed E-state index contributed by atoms with van der Waals surface area (Å²) in [5.41, 5.74) is 1.42. The summed E-state index contributed by atoms with van der Waals surface area (Å²) in [6.07, 6.45) is 1.22. The predicted octanol–water partition coefficient (Wildman–Crippen LogP) is 3.38. The lowest BCUT2D eigenvalue weighted by atomic mass is 9.78. The van der Waals surface area contributed by atoms with Gasteiger partial charge in [-0.3, -0.25) is 0 Å². The molecule has 2 aromatic rings. The minimum atomic E-state index is -0.862. The van der Waals surface area contributed by atoms with Crippen LogP contribution in [0.4, 0.5) is 0 Å². The third kappa shape index (κ3) is 3.37. The van der Waals surface area contributed by atoms with Gasteiger partial charge in [-0.2, -0.15) is 0 Å². The van der Waals surface area contributed by atoms with E-state index < -0.39 is 5.60 Å². The third-order valence-electron chi connectivity index (χ3n) is 5.15. The highest BCUT2D eigenvalue weighted by Gasteiger charge is 2.49. The van der Waals surface area contributed by atoms with Gasteiger partial charge in [-0.1, -0.05) is 59.0 Å². The zero-order valence-electron chi connectivity index (χ0n) is 13.9. The molecule has 4 nitrogen and oxygen atoms in total. The first-order chi connectivity index (χ1) is 12.2. The van der Waals surface area contributed by atoms with Crippen molar-refractivity contribution in [3.05, 3.63) is 59.7 Å². The number of hydrogen-bond donors (Lipinski definition) is 1. The van der Waals surface area contributed by atoms with Crippen LogP contribution in [0.2, 0.25) is 0 Å². The molecule has 2 aromatic carbocycles. The van der Waals surface area contributed by atoms with Gasteiger partial charge in [0.1, 0.15) is 5.60 Å². The lowest BCUT2D eigenvalue weighted by Gasteiger charge is -2.33. The summed E-state index contributed by atoms with van der Waals surface area (Å²) in [4.78, 5) is 0. The Hall–Kier alpha value is -1.31. The molecule has 2 aliphatic heterocycles. The number of benzene rings is 2. The van der Waals surface area contributed by atoms with Crippen LogP contribution >= 0.6 is 22.6 Å². The maximum absolute atomic E-state index is 11.5. The molecule has 1 N–H and O–H groups in total. The van der Waals surface area contributed by atoms with Gasteiger partial charge in [-0.05, 0) is 29.7 Å². The van der Waals surface area contributed by atoms with Crippen molar-refractivity contribution < 1.29 is 19.3 Å². The molecule has 0 saturated carbocycles. The molecule has 0 unspecified atom stereocenters. The van der Waals surface area contributed by atoms with Gasteiger partial charge in [0.15, 0.2) is 11.5 Å². The van der Waals surface area contributed by atoms with Crippen LogP contribution in [-0.4, -0.2) is 34.6 Å². The summed E-state index contributed by atoms with van der Waals surface area (Å²) in [5.74, 6) is 1.62. The first-order valence-electron chi connectivity index (χ1n) is 8.51. The highest BCUT2D eigenvalue weighted by molar-refractivity contribution is 14.1. The van der Waals surface area contributed by atoms with E-state index in [0.29, 0.717) is 13.0 Å². The molecule has 0 aromatic heterocycles. The van der Waals surface area contributed by atoms with Crippen LogP contribution in [0.25, 0.3) is 0 Å². The van der Waals surface area contributed by atoms with Crippen LogP contribution in [0.5, 0.6) is 11.5 Å². The molecule has 0 amide bonds. The van der Waals surface area contributed by atoms with E-state index in [1.165, 1.54) is 0 Å². The fourth-order valence-electron chi connectivity index (χ4n) is 3.73. The van der Waals surface area contributed by atoms with E-state index in [1.807, 2.05) is 36.4 Å². The Morgan fingerprint density at radius 1 is 1.04 bits per heavy atom. The molecule has 25 heavy (non-hydrogen) atoms. The number of aliphatic hydroxyl groups is 1. The monoisotopic (exact) mass is 452 g/mol. The molecule has 1 fully saturated rings. The average Bonchev–Trinajstić information content (AvgIpc) is 3.20. The van der Waals surface area contributed by atoms with E-state index in [0.717, 1.165) is 33.5 Å². The van der Waals surface area contributed by atoms with Crippen molar-refractivity contribution in [2.45, 2.75) is 24.5 Å². The lowest BCUT2D eigenvalue weighted by molar-refractivity contribution is -0.0401. The molecule has 0 bridgehead atoms. The quantitative estimate of drug-likeness (QED) is 0.559. The maximum Gasteiger partial charge on any atom is 0.231 e. The van der Waals surface area contributed by atoms with Crippen LogP contribution in [0.1, 0.15) is 11.1 Å². The molecule has 2 aliphatic rings. The molecular weight excluding hydrogens is 431 g/mol. The number of fused-ring (bicyclic) bond motifs is 1. The molecule has 5 heteroatoms. The molecule has 1 saturated heterocycles. The number of ether oxygens (including phenoxy) is 3. The van der Waals surface area contributed by atoms with Gasteiger partial charge in [0.05, 0.1) is 12.7 Å². The number of halogens is 1. The largest absolute Gasteiger partial charge is 0.454 e. The van der Waals surface area contributed by atoms with Gasteiger partial charge in [0, 0.05) is 16.8 Å². The van der Waals surface area contributed by atoms with Crippen molar-refractivity contribution in [3.8, 4) is 11.5 Å². The van der Waals surface area contributed by atoms with Crippen LogP contribution in [-0.2, 0) is 17.6 Å². The second-order valence-corrected chi connectivity index (χ2v) is 7.60. The normalized spacial score (nSPS) is 27.6. The average molecular weight is 452 g/mol. The Morgan fingerprint density at radius 3 is 2.64 bits per heavy atom. The van der Waals surface area contributed by atoms with Crippen LogP contribution in [0.3, 0.4) is 0 Å². The summed E-state index contributed by atoms with van der Waals surface area (Å²) in [7, 11) is 0. The van der Waals surface area contributed by atoms with Crippen molar-refractivity contribution in [1.82, 2.24) is 0 Å². The molecule has 132 valence electrons. The fourth-order valence-corrected chi connectivity index (χ4v) is 4.75. The highest BCUT2D eigenvalue weighted by atomic mass is 127. The fraction of sp³-hybridized carbons (Fsp3) is 0.400. The highest BCUT2D eigenvalue weighted by Crippen LogP contribution is 2.39. The maximum atomic E-state index is 11.5. The van der Waals surface area contributed by atoms with Gasteiger partial charge in [0.2, 0.25) is 6.79 Å². The lowest BCUT2D eigenvalue weighted by Crippen LogP contribution is -2.47. The smallest absolute Gasteiger partial charge is 0.231 e. The van der Waals surface area contributed by atoms with E-state index in [1.54, 1.807) is 0 Å². The Balaban J connectivity index is 1.57. The summed E-state index contributed by atoms with van der Waals surface area (Å²) in [6, 6.07) is 16.2. The molecule has 0 spiro atoms. The Bertz CT molecular complexity index is 736. The van der Waals surface area contributed by atoms with Gasteiger partial charge in [0.25, 0.3) is 0 Å². The second kappa shape index (κ2) is 7.13. The molecule has 3 atom stereocenters. The van der Waals surface area contributed by atoms with Gasteiger partial charge >= 0.3 is 0 Å². The molecular formula is C20H21IO4. The summed E-state index contributed by atoms with van der Waals surface area (Å²) in [6.45, 7) is 0.853. The Labute approximate surface area is 161 Å². The summed E-state index contributed by atoms with van der Waals surface area (Å²) in [5, 5.41) is 11.5. The van der Waals surface area contributed by atoms with E-state index in [9.17, 15) is 5.11 Å². The first-order valence-corrected chi connectivity index (χ1v) is 10.0. The zero-order chi connectivity index (χ0) is 17.3. The summed E-state index contributed by atoms with van der Waals surface area (Å²) >= 11 is 2.30. The second-order valence-electron chi connectivity index (χ2n) is 6.72. The van der Waals surface area contributed by atoms with E-state index in [2.05, 4.69) is 34.7 Å². The minimum Gasteiger partial charge on any atom is -0.454 e. The molecule has 4 rings (SSSR count). The van der Waals surface area contributed by atoms with Gasteiger partial charge in [-0.25, -0.2) is 0 Å². The SMILES string of the molecule is O[C@@]1(Cc2ccccc2)[C@@H](Cc2ccc3c(c2)OCO3)CO[C@H]1CI. The van der Waals surface area contributed by atoms with E-state index in [4.69, 9.17) is 14.2 Å². The van der Waals surface area contributed by atoms with E-state index >= 15 is 0 Å². The van der Waals surface area contributed by atoms with Crippen molar-refractivity contribution in [2.24, 2.45) is 5.92 Å². The van der Waals surface area contributed by atoms with Crippen molar-refractivity contribution in [2.75, 3.05) is 17.8 Å². The van der Waals surface area contributed by atoms with Crippen LogP contribution in [0.15, 0.2) is 48.5 Å². The molecule has 0 aliphatic carbocycles. The number of rotatable bonds is 5. The zero-order valence-corrected chi connectivity index (χ0v) is 16.0. The Kier molecular flexibility index (Phi) is 4.88.